The van der Waals surface area contributed by atoms with E-state index < -0.39 is 10.0 Å². The Bertz CT molecular complexity index is 730. The highest BCUT2D eigenvalue weighted by Gasteiger charge is 2.07. The molecule has 0 unspecified atom stereocenters. The van der Waals surface area contributed by atoms with Gasteiger partial charge in [-0.05, 0) is 43.2 Å². The fourth-order valence-electron chi connectivity index (χ4n) is 1.97. The molecular formula is C16H21N3O3S. The number of sulfonamides is 1. The summed E-state index contributed by atoms with van der Waals surface area (Å²) in [5.41, 5.74) is 2.02. The molecule has 2 aromatic rings. The van der Waals surface area contributed by atoms with Crippen molar-refractivity contribution >= 4 is 21.5 Å². The number of pyridine rings is 1. The van der Waals surface area contributed by atoms with Crippen LogP contribution >= 0.6 is 0 Å². The zero-order valence-electron chi connectivity index (χ0n) is 13.2. The van der Waals surface area contributed by atoms with Gasteiger partial charge < -0.3 is 10.1 Å². The molecule has 2 N–H and O–H groups in total. The smallest absolute Gasteiger partial charge is 0.233 e. The maximum absolute atomic E-state index is 11.5. The molecule has 0 fully saturated rings. The molecule has 0 bridgehead atoms. The van der Waals surface area contributed by atoms with Gasteiger partial charge in [-0.2, -0.15) is 0 Å². The van der Waals surface area contributed by atoms with Crippen molar-refractivity contribution in [3.8, 4) is 5.75 Å². The van der Waals surface area contributed by atoms with Crippen molar-refractivity contribution < 1.29 is 13.2 Å². The first-order chi connectivity index (χ1) is 11.0. The average molecular weight is 335 g/mol. The van der Waals surface area contributed by atoms with Crippen molar-refractivity contribution in [2.75, 3.05) is 29.4 Å². The molecule has 6 nitrogen and oxygen atoms in total. The molecule has 0 atom stereocenters. The fraction of sp³-hybridized carbons (Fsp3) is 0.312. The van der Waals surface area contributed by atoms with Crippen molar-refractivity contribution in [3.05, 3.63) is 48.2 Å². The molecule has 0 aliphatic rings. The van der Waals surface area contributed by atoms with E-state index in [9.17, 15) is 8.42 Å². The Hall–Kier alpha value is -2.28. The number of methoxy groups -OCH3 is 1. The van der Waals surface area contributed by atoms with Gasteiger partial charge in [0.1, 0.15) is 11.6 Å². The van der Waals surface area contributed by atoms with Gasteiger partial charge in [-0.15, -0.1) is 0 Å². The van der Waals surface area contributed by atoms with Gasteiger partial charge in [0.05, 0.1) is 24.7 Å². The summed E-state index contributed by atoms with van der Waals surface area (Å²) in [6, 6.07) is 11.4. The minimum atomic E-state index is -3.29. The summed E-state index contributed by atoms with van der Waals surface area (Å²) in [5.74, 6) is 1.19. The molecule has 1 aromatic carbocycles. The molecule has 7 heteroatoms. The second-order valence-corrected chi connectivity index (χ2v) is 6.98. The third-order valence-corrected chi connectivity index (χ3v) is 4.56. The third kappa shape index (κ3) is 5.45. The Labute approximate surface area is 137 Å². The fourth-order valence-corrected chi connectivity index (χ4v) is 2.55. The van der Waals surface area contributed by atoms with E-state index in [1.54, 1.807) is 32.4 Å². The van der Waals surface area contributed by atoms with Crippen LogP contribution in [0.4, 0.5) is 11.5 Å². The zero-order valence-corrected chi connectivity index (χ0v) is 14.1. The van der Waals surface area contributed by atoms with E-state index in [0.29, 0.717) is 5.82 Å². The van der Waals surface area contributed by atoms with E-state index in [4.69, 9.17) is 4.74 Å². The summed E-state index contributed by atoms with van der Waals surface area (Å²) in [6.07, 6.45) is 2.46. The molecule has 124 valence electrons. The number of anilines is 2. The number of ether oxygens (including phenoxy) is 1. The van der Waals surface area contributed by atoms with Crippen LogP contribution in [0.25, 0.3) is 0 Å². The standard InChI is InChI=1S/C16H21N3O3S/c1-3-23(20,21)19-16-8-7-14(12-18-16)17-10-9-13-5-4-6-15(11-13)22-2/h4-8,11-12,17H,3,9-10H2,1-2H3,(H,18,19). The highest BCUT2D eigenvalue weighted by Crippen LogP contribution is 2.14. The lowest BCUT2D eigenvalue weighted by atomic mass is 10.1. The van der Waals surface area contributed by atoms with Gasteiger partial charge in [-0.25, -0.2) is 13.4 Å². The van der Waals surface area contributed by atoms with Gasteiger partial charge in [0.15, 0.2) is 0 Å². The summed E-state index contributed by atoms with van der Waals surface area (Å²) >= 11 is 0. The summed E-state index contributed by atoms with van der Waals surface area (Å²) < 4.78 is 30.5. The predicted molar refractivity (Wildman–Crippen MR) is 92.5 cm³/mol. The number of aromatic nitrogens is 1. The molecule has 0 radical (unpaired) electrons. The quantitative estimate of drug-likeness (QED) is 0.775. The summed E-state index contributed by atoms with van der Waals surface area (Å²) in [4.78, 5) is 4.09. The Kier molecular flexibility index (Phi) is 5.81. The number of nitrogens with zero attached hydrogens (tertiary/aromatic N) is 1. The van der Waals surface area contributed by atoms with Crippen LogP contribution in [0, 0.1) is 0 Å². The van der Waals surface area contributed by atoms with E-state index in [1.165, 1.54) is 5.56 Å². The molecule has 0 saturated carbocycles. The van der Waals surface area contributed by atoms with Gasteiger partial charge in [-0.1, -0.05) is 12.1 Å². The zero-order chi connectivity index (χ0) is 16.7. The number of benzene rings is 1. The number of hydrogen-bond acceptors (Lipinski definition) is 5. The van der Waals surface area contributed by atoms with Crippen LogP contribution in [0.2, 0.25) is 0 Å². The third-order valence-electron chi connectivity index (χ3n) is 3.28. The first-order valence-corrected chi connectivity index (χ1v) is 9.01. The molecule has 0 aliphatic carbocycles. The highest BCUT2D eigenvalue weighted by atomic mass is 32.2. The van der Waals surface area contributed by atoms with Gasteiger partial charge in [0.2, 0.25) is 10.0 Å². The van der Waals surface area contributed by atoms with E-state index in [2.05, 4.69) is 15.0 Å². The number of hydrogen-bond donors (Lipinski definition) is 2. The van der Waals surface area contributed by atoms with E-state index in [-0.39, 0.29) is 5.75 Å². The van der Waals surface area contributed by atoms with E-state index in [0.717, 1.165) is 24.4 Å². The molecule has 1 aromatic heterocycles. The van der Waals surface area contributed by atoms with Crippen molar-refractivity contribution in [2.45, 2.75) is 13.3 Å². The molecule has 2 rings (SSSR count). The first-order valence-electron chi connectivity index (χ1n) is 7.36. The maximum atomic E-state index is 11.5. The lowest BCUT2D eigenvalue weighted by Gasteiger charge is -2.09. The Morgan fingerprint density at radius 1 is 1.22 bits per heavy atom. The van der Waals surface area contributed by atoms with Crippen molar-refractivity contribution in [1.82, 2.24) is 4.98 Å². The predicted octanol–water partition coefficient (Wildman–Crippen LogP) is 2.51. The highest BCUT2D eigenvalue weighted by molar-refractivity contribution is 7.92. The SMILES string of the molecule is CCS(=O)(=O)Nc1ccc(NCCc2cccc(OC)c2)cn1. The van der Waals surface area contributed by atoms with Crippen LogP contribution in [0.1, 0.15) is 12.5 Å². The molecule has 23 heavy (non-hydrogen) atoms. The van der Waals surface area contributed by atoms with Gasteiger partial charge >= 0.3 is 0 Å². The summed E-state index contributed by atoms with van der Waals surface area (Å²) in [5, 5.41) is 3.25. The summed E-state index contributed by atoms with van der Waals surface area (Å²) in [7, 11) is -1.64. The Morgan fingerprint density at radius 2 is 2.04 bits per heavy atom. The second kappa shape index (κ2) is 7.82. The second-order valence-electron chi connectivity index (χ2n) is 4.97. The molecule has 0 amide bonds. The minimum absolute atomic E-state index is 0.0230. The lowest BCUT2D eigenvalue weighted by molar-refractivity contribution is 0.414. The van der Waals surface area contributed by atoms with Crippen LogP contribution in [0.5, 0.6) is 5.75 Å². The van der Waals surface area contributed by atoms with Crippen molar-refractivity contribution in [3.63, 3.8) is 0 Å². The summed E-state index contributed by atoms with van der Waals surface area (Å²) in [6.45, 7) is 2.33. The number of nitrogens with one attached hydrogen (secondary N) is 2. The molecular weight excluding hydrogens is 314 g/mol. The monoisotopic (exact) mass is 335 g/mol. The van der Waals surface area contributed by atoms with Crippen LogP contribution in [-0.4, -0.2) is 32.8 Å². The van der Waals surface area contributed by atoms with Crippen LogP contribution in [-0.2, 0) is 16.4 Å². The van der Waals surface area contributed by atoms with Gasteiger partial charge in [-0.3, -0.25) is 4.72 Å². The van der Waals surface area contributed by atoms with E-state index >= 15 is 0 Å². The topological polar surface area (TPSA) is 80.3 Å². The normalized spacial score (nSPS) is 11.0. The average Bonchev–Trinajstić information content (AvgIpc) is 2.56. The van der Waals surface area contributed by atoms with Gasteiger partial charge in [0, 0.05) is 6.54 Å². The van der Waals surface area contributed by atoms with E-state index in [1.807, 2.05) is 24.3 Å². The lowest BCUT2D eigenvalue weighted by Crippen LogP contribution is -2.15. The number of rotatable bonds is 8. The van der Waals surface area contributed by atoms with Crippen molar-refractivity contribution in [1.29, 1.82) is 0 Å². The Balaban J connectivity index is 1.86. The Morgan fingerprint density at radius 3 is 2.70 bits per heavy atom. The molecule has 0 saturated heterocycles. The first kappa shape index (κ1) is 17.1. The minimum Gasteiger partial charge on any atom is -0.497 e. The molecule has 0 spiro atoms. The van der Waals surface area contributed by atoms with Crippen molar-refractivity contribution in [2.24, 2.45) is 0 Å². The van der Waals surface area contributed by atoms with Crippen LogP contribution < -0.4 is 14.8 Å². The van der Waals surface area contributed by atoms with Crippen LogP contribution in [0.3, 0.4) is 0 Å². The largest absolute Gasteiger partial charge is 0.497 e. The molecule has 1 heterocycles. The van der Waals surface area contributed by atoms with Gasteiger partial charge in [0.25, 0.3) is 0 Å². The van der Waals surface area contributed by atoms with Crippen LogP contribution in [0.15, 0.2) is 42.6 Å². The maximum Gasteiger partial charge on any atom is 0.233 e. The molecule has 0 aliphatic heterocycles.